The van der Waals surface area contributed by atoms with Gasteiger partial charge in [0.2, 0.25) is 0 Å². The van der Waals surface area contributed by atoms with Crippen LogP contribution >= 0.6 is 11.6 Å². The maximum absolute atomic E-state index is 11.4. The molecule has 0 heterocycles. The summed E-state index contributed by atoms with van der Waals surface area (Å²) in [6, 6.07) is 12.1. The fourth-order valence-electron chi connectivity index (χ4n) is 1.78. The van der Waals surface area contributed by atoms with Crippen LogP contribution in [0.5, 0.6) is 0 Å². The van der Waals surface area contributed by atoms with Crippen molar-refractivity contribution in [3.05, 3.63) is 53.1 Å². The molecule has 0 spiro atoms. The first-order valence-electron chi connectivity index (χ1n) is 5.94. The molecule has 0 aliphatic heterocycles. The van der Waals surface area contributed by atoms with Crippen LogP contribution < -0.4 is 11.1 Å². The monoisotopic (exact) mass is 310 g/mol. The van der Waals surface area contributed by atoms with Gasteiger partial charge < -0.3 is 11.1 Å². The summed E-state index contributed by atoms with van der Waals surface area (Å²) < 4.78 is 22.8. The van der Waals surface area contributed by atoms with Gasteiger partial charge in [0.25, 0.3) is 0 Å². The summed E-state index contributed by atoms with van der Waals surface area (Å²) in [5.41, 5.74) is 7.97. The lowest BCUT2D eigenvalue weighted by molar-refractivity contribution is 0.602. The van der Waals surface area contributed by atoms with E-state index < -0.39 is 9.84 Å². The maximum Gasteiger partial charge on any atom is 0.175 e. The van der Waals surface area contributed by atoms with E-state index in [0.717, 1.165) is 11.8 Å². The summed E-state index contributed by atoms with van der Waals surface area (Å²) in [5, 5.41) is 3.83. The van der Waals surface area contributed by atoms with E-state index in [0.29, 0.717) is 22.9 Å². The summed E-state index contributed by atoms with van der Waals surface area (Å²) in [6.07, 6.45) is 1.15. The third-order valence-electron chi connectivity index (χ3n) is 2.82. The van der Waals surface area contributed by atoms with Crippen molar-refractivity contribution in [1.29, 1.82) is 0 Å². The van der Waals surface area contributed by atoms with Crippen LogP contribution in [0.25, 0.3) is 0 Å². The fraction of sp³-hybridized carbons (Fsp3) is 0.143. The van der Waals surface area contributed by atoms with Gasteiger partial charge in [-0.05, 0) is 35.9 Å². The van der Waals surface area contributed by atoms with E-state index in [2.05, 4.69) is 5.32 Å². The first-order chi connectivity index (χ1) is 9.36. The second kappa shape index (κ2) is 5.73. The SMILES string of the molecule is CS(=O)(=O)c1ccc(NCc2cccc(Cl)c2)c(N)c1. The standard InChI is InChI=1S/C14H15ClN2O2S/c1-20(18,19)12-5-6-14(13(16)8-12)17-9-10-3-2-4-11(15)7-10/h2-8,17H,9,16H2,1H3. The van der Waals surface area contributed by atoms with Crippen molar-refractivity contribution in [2.75, 3.05) is 17.3 Å². The van der Waals surface area contributed by atoms with Gasteiger partial charge in [-0.2, -0.15) is 0 Å². The van der Waals surface area contributed by atoms with Gasteiger partial charge in [-0.15, -0.1) is 0 Å². The Morgan fingerprint density at radius 1 is 1.20 bits per heavy atom. The third-order valence-corrected chi connectivity index (χ3v) is 4.17. The topological polar surface area (TPSA) is 72.2 Å². The molecule has 20 heavy (non-hydrogen) atoms. The molecule has 0 amide bonds. The lowest BCUT2D eigenvalue weighted by Crippen LogP contribution is -2.04. The van der Waals surface area contributed by atoms with E-state index in [1.807, 2.05) is 18.2 Å². The molecule has 0 aliphatic carbocycles. The second-order valence-corrected chi connectivity index (χ2v) is 6.96. The molecule has 3 N–H and O–H groups in total. The Labute approximate surface area is 123 Å². The van der Waals surface area contributed by atoms with Crippen molar-refractivity contribution in [3.63, 3.8) is 0 Å². The van der Waals surface area contributed by atoms with Gasteiger partial charge in [-0.3, -0.25) is 0 Å². The minimum absolute atomic E-state index is 0.211. The number of benzene rings is 2. The molecule has 2 rings (SSSR count). The van der Waals surface area contributed by atoms with Crippen LogP contribution in [0.3, 0.4) is 0 Å². The first kappa shape index (κ1) is 14.7. The average Bonchev–Trinajstić information content (AvgIpc) is 2.36. The number of nitrogens with one attached hydrogen (secondary N) is 1. The Bertz CT molecular complexity index is 730. The molecule has 4 nitrogen and oxygen atoms in total. The molecule has 2 aromatic rings. The molecule has 0 aliphatic rings. The Morgan fingerprint density at radius 3 is 2.55 bits per heavy atom. The summed E-state index contributed by atoms with van der Waals surface area (Å²) in [4.78, 5) is 0.211. The number of halogens is 1. The molecular weight excluding hydrogens is 296 g/mol. The molecular formula is C14H15ClN2O2S. The van der Waals surface area contributed by atoms with E-state index in [9.17, 15) is 8.42 Å². The third kappa shape index (κ3) is 3.65. The van der Waals surface area contributed by atoms with Gasteiger partial charge in [0.1, 0.15) is 0 Å². The van der Waals surface area contributed by atoms with Crippen LogP contribution in [0.15, 0.2) is 47.4 Å². The van der Waals surface area contributed by atoms with Gasteiger partial charge in [-0.1, -0.05) is 23.7 Å². The molecule has 0 bridgehead atoms. The summed E-state index contributed by atoms with van der Waals surface area (Å²) in [7, 11) is -3.24. The zero-order valence-electron chi connectivity index (χ0n) is 10.9. The smallest absolute Gasteiger partial charge is 0.175 e. The van der Waals surface area contributed by atoms with E-state index in [1.165, 1.54) is 12.1 Å². The Morgan fingerprint density at radius 2 is 1.95 bits per heavy atom. The van der Waals surface area contributed by atoms with Crippen LogP contribution in [0.1, 0.15) is 5.56 Å². The van der Waals surface area contributed by atoms with Crippen LogP contribution in [0, 0.1) is 0 Å². The van der Waals surface area contributed by atoms with Gasteiger partial charge in [-0.25, -0.2) is 8.42 Å². The molecule has 0 atom stereocenters. The van der Waals surface area contributed by atoms with Crippen LogP contribution in [0.4, 0.5) is 11.4 Å². The lowest BCUT2D eigenvalue weighted by Gasteiger charge is -2.10. The zero-order chi connectivity index (χ0) is 14.8. The predicted molar refractivity (Wildman–Crippen MR) is 82.7 cm³/mol. The van der Waals surface area contributed by atoms with Crippen molar-refractivity contribution in [1.82, 2.24) is 0 Å². The van der Waals surface area contributed by atoms with Crippen molar-refractivity contribution in [2.45, 2.75) is 11.4 Å². The molecule has 2 aromatic carbocycles. The number of hydrogen-bond acceptors (Lipinski definition) is 4. The van der Waals surface area contributed by atoms with Crippen molar-refractivity contribution >= 4 is 32.8 Å². The Balaban J connectivity index is 2.15. The number of nitrogen functional groups attached to an aromatic ring is 1. The molecule has 0 saturated heterocycles. The van der Waals surface area contributed by atoms with Crippen molar-refractivity contribution in [2.24, 2.45) is 0 Å². The van der Waals surface area contributed by atoms with Crippen LogP contribution in [-0.4, -0.2) is 14.7 Å². The van der Waals surface area contributed by atoms with E-state index in [-0.39, 0.29) is 4.90 Å². The fourth-order valence-corrected chi connectivity index (χ4v) is 2.65. The largest absolute Gasteiger partial charge is 0.397 e. The molecule has 0 aromatic heterocycles. The number of rotatable bonds is 4. The van der Waals surface area contributed by atoms with Gasteiger partial charge in [0, 0.05) is 17.8 Å². The van der Waals surface area contributed by atoms with E-state index >= 15 is 0 Å². The number of anilines is 2. The highest BCUT2D eigenvalue weighted by atomic mass is 35.5. The molecule has 106 valence electrons. The summed E-state index contributed by atoms with van der Waals surface area (Å²) in [5.74, 6) is 0. The molecule has 0 fully saturated rings. The second-order valence-electron chi connectivity index (χ2n) is 4.50. The Kier molecular flexibility index (Phi) is 4.20. The lowest BCUT2D eigenvalue weighted by atomic mass is 10.2. The number of nitrogens with two attached hydrogens (primary N) is 1. The van der Waals surface area contributed by atoms with Crippen LogP contribution in [-0.2, 0) is 16.4 Å². The van der Waals surface area contributed by atoms with Crippen LogP contribution in [0.2, 0.25) is 5.02 Å². The van der Waals surface area contributed by atoms with Gasteiger partial charge in [0.15, 0.2) is 9.84 Å². The quantitative estimate of drug-likeness (QED) is 0.852. The molecule has 0 radical (unpaired) electrons. The van der Waals surface area contributed by atoms with E-state index in [4.69, 9.17) is 17.3 Å². The summed E-state index contributed by atoms with van der Waals surface area (Å²) >= 11 is 5.91. The number of hydrogen-bond donors (Lipinski definition) is 2. The van der Waals surface area contributed by atoms with E-state index in [1.54, 1.807) is 12.1 Å². The predicted octanol–water partition coefficient (Wildman–Crippen LogP) is 2.94. The normalized spacial score (nSPS) is 11.3. The first-order valence-corrected chi connectivity index (χ1v) is 8.21. The zero-order valence-corrected chi connectivity index (χ0v) is 12.5. The molecule has 6 heteroatoms. The minimum Gasteiger partial charge on any atom is -0.397 e. The average molecular weight is 311 g/mol. The maximum atomic E-state index is 11.4. The minimum atomic E-state index is -3.24. The van der Waals surface area contributed by atoms with Gasteiger partial charge >= 0.3 is 0 Å². The van der Waals surface area contributed by atoms with Gasteiger partial charge in [0.05, 0.1) is 16.3 Å². The van der Waals surface area contributed by atoms with Crippen molar-refractivity contribution in [3.8, 4) is 0 Å². The number of sulfone groups is 1. The van der Waals surface area contributed by atoms with Crippen molar-refractivity contribution < 1.29 is 8.42 Å². The summed E-state index contributed by atoms with van der Waals surface area (Å²) in [6.45, 7) is 0.559. The highest BCUT2D eigenvalue weighted by Gasteiger charge is 2.09. The highest BCUT2D eigenvalue weighted by molar-refractivity contribution is 7.90. The molecule has 0 saturated carbocycles. The Hall–Kier alpha value is -1.72. The molecule has 0 unspecified atom stereocenters. The highest BCUT2D eigenvalue weighted by Crippen LogP contribution is 2.23.